The van der Waals surface area contributed by atoms with Crippen LogP contribution in [0.4, 0.5) is 0 Å². The summed E-state index contributed by atoms with van der Waals surface area (Å²) in [5.41, 5.74) is 11.1. The lowest BCUT2D eigenvalue weighted by atomic mass is 9.71. The molecule has 2 N–H and O–H groups in total. The first kappa shape index (κ1) is 25.5. The molecule has 1 atom stereocenters. The van der Waals surface area contributed by atoms with Gasteiger partial charge < -0.3 is 10.5 Å². The van der Waals surface area contributed by atoms with Gasteiger partial charge in [-0.25, -0.2) is 4.79 Å². The molecule has 0 saturated carbocycles. The van der Waals surface area contributed by atoms with Crippen molar-refractivity contribution in [3.63, 3.8) is 0 Å². The third-order valence-electron chi connectivity index (χ3n) is 6.40. The average Bonchev–Trinajstić information content (AvgIpc) is 3.07. The van der Waals surface area contributed by atoms with Crippen molar-refractivity contribution >= 4 is 17.3 Å². The van der Waals surface area contributed by atoms with E-state index in [2.05, 4.69) is 38.1 Å². The fraction of sp³-hybridized carbons (Fsp3) is 0.400. The summed E-state index contributed by atoms with van der Waals surface area (Å²) in [5, 5.41) is 0. The number of ether oxygens (including phenoxy) is 1. The molecule has 0 bridgehead atoms. The van der Waals surface area contributed by atoms with E-state index in [-0.39, 0.29) is 17.8 Å². The molecule has 4 heteroatoms. The number of rotatable bonds is 8. The molecular weight excluding hydrogens is 422 g/mol. The predicted octanol–water partition coefficient (Wildman–Crippen LogP) is 6.56. The number of Topliss-reactive ketones (excluding diaryl/α,β-unsaturated/α-hetero) is 1. The first-order valence-electron chi connectivity index (χ1n) is 12.3. The molecule has 180 valence electrons. The van der Waals surface area contributed by atoms with Crippen LogP contribution in [-0.2, 0) is 14.3 Å². The number of benzene rings is 1. The predicted molar refractivity (Wildman–Crippen MR) is 139 cm³/mol. The third-order valence-corrected chi connectivity index (χ3v) is 6.40. The van der Waals surface area contributed by atoms with Gasteiger partial charge in [-0.3, -0.25) is 4.79 Å². The second-order valence-electron chi connectivity index (χ2n) is 9.80. The summed E-state index contributed by atoms with van der Waals surface area (Å²) >= 11 is 0. The number of hydrogen-bond donors (Lipinski definition) is 1. The van der Waals surface area contributed by atoms with Crippen LogP contribution >= 0.6 is 0 Å². The molecule has 0 radical (unpaired) electrons. The summed E-state index contributed by atoms with van der Waals surface area (Å²) < 4.78 is 5.43. The molecule has 0 spiro atoms. The van der Waals surface area contributed by atoms with E-state index in [9.17, 15) is 9.59 Å². The van der Waals surface area contributed by atoms with Crippen LogP contribution in [-0.4, -0.2) is 18.4 Å². The Bertz CT molecular complexity index is 1060. The topological polar surface area (TPSA) is 69.4 Å². The normalized spacial score (nSPS) is 19.0. The fourth-order valence-electron chi connectivity index (χ4n) is 4.62. The molecule has 0 saturated heterocycles. The number of carbonyl (C=O) groups excluding carboxylic acids is 2. The highest BCUT2D eigenvalue weighted by molar-refractivity contribution is 6.02. The minimum absolute atomic E-state index is 0.0678. The van der Waals surface area contributed by atoms with Crippen molar-refractivity contribution in [3.8, 4) is 0 Å². The molecule has 2 aliphatic carbocycles. The zero-order valence-electron chi connectivity index (χ0n) is 20.9. The van der Waals surface area contributed by atoms with E-state index in [4.69, 9.17) is 10.5 Å². The largest absolute Gasteiger partial charge is 0.463 e. The molecule has 1 aromatic carbocycles. The molecular formula is C30H37NO3. The Kier molecular flexibility index (Phi) is 8.49. The Morgan fingerprint density at radius 3 is 2.50 bits per heavy atom. The van der Waals surface area contributed by atoms with E-state index in [0.29, 0.717) is 29.7 Å². The number of hydrogen-bond acceptors (Lipinski definition) is 4. The number of carbonyl (C=O) groups is 2. The highest BCUT2D eigenvalue weighted by Gasteiger charge is 2.37. The van der Waals surface area contributed by atoms with Gasteiger partial charge >= 0.3 is 5.97 Å². The fourth-order valence-corrected chi connectivity index (χ4v) is 4.62. The molecule has 0 aliphatic heterocycles. The van der Waals surface area contributed by atoms with E-state index in [1.165, 1.54) is 5.57 Å². The summed E-state index contributed by atoms with van der Waals surface area (Å²) in [6.45, 7) is 8.25. The van der Waals surface area contributed by atoms with Crippen LogP contribution in [0.3, 0.4) is 0 Å². The first-order chi connectivity index (χ1) is 16.3. The summed E-state index contributed by atoms with van der Waals surface area (Å²) in [6.07, 6.45) is 15.8. The van der Waals surface area contributed by atoms with Crippen LogP contribution in [0.25, 0.3) is 5.57 Å². The minimum Gasteiger partial charge on any atom is -0.463 e. The van der Waals surface area contributed by atoms with Crippen LogP contribution in [0.5, 0.6) is 0 Å². The molecule has 0 fully saturated rings. The Morgan fingerprint density at radius 2 is 1.85 bits per heavy atom. The van der Waals surface area contributed by atoms with E-state index in [1.54, 1.807) is 6.92 Å². The Labute approximate surface area is 204 Å². The number of allylic oxidation sites excluding steroid dienone is 9. The van der Waals surface area contributed by atoms with E-state index in [1.807, 2.05) is 43.4 Å². The zero-order chi connectivity index (χ0) is 24.7. The summed E-state index contributed by atoms with van der Waals surface area (Å²) in [6, 6.07) is 8.17. The van der Waals surface area contributed by atoms with Crippen molar-refractivity contribution in [1.29, 1.82) is 0 Å². The standard InChI is InChI=1S/C30H37NO3/c1-5-11-25(31)28(29(33)34-6-2)27(24-18-19-30(3,4)20-26(24)32)23-16-14-22(15-17-23)21-12-9-7-8-10-13-21/h7-10,12,14-18,27H,5-6,11,13,19-20,31H2,1-4H3/b28-25+. The van der Waals surface area contributed by atoms with Gasteiger partial charge in [0.2, 0.25) is 0 Å². The number of nitrogens with two attached hydrogens (primary N) is 1. The molecule has 1 aromatic rings. The lowest BCUT2D eigenvalue weighted by Gasteiger charge is -2.32. The summed E-state index contributed by atoms with van der Waals surface area (Å²) in [5.74, 6) is -0.910. The lowest BCUT2D eigenvalue weighted by Crippen LogP contribution is -2.29. The zero-order valence-corrected chi connectivity index (χ0v) is 20.9. The molecule has 3 rings (SSSR count). The number of ketones is 1. The quantitative estimate of drug-likeness (QED) is 0.353. The van der Waals surface area contributed by atoms with Crippen LogP contribution in [0.2, 0.25) is 0 Å². The SMILES string of the molecule is CCC/C(N)=C(\C(=O)OCC)C(C1=CCC(C)(C)CC1=O)c1ccc(C2=CC=CC=CC2)cc1. The van der Waals surface area contributed by atoms with Gasteiger partial charge in [0.1, 0.15) is 0 Å². The highest BCUT2D eigenvalue weighted by Crippen LogP contribution is 2.42. The van der Waals surface area contributed by atoms with Crippen LogP contribution < -0.4 is 5.73 Å². The maximum Gasteiger partial charge on any atom is 0.336 e. The van der Waals surface area contributed by atoms with Crippen molar-refractivity contribution in [2.75, 3.05) is 6.61 Å². The highest BCUT2D eigenvalue weighted by atomic mass is 16.5. The van der Waals surface area contributed by atoms with E-state index < -0.39 is 11.9 Å². The van der Waals surface area contributed by atoms with Gasteiger partial charge in [0.15, 0.2) is 5.78 Å². The van der Waals surface area contributed by atoms with Gasteiger partial charge in [-0.1, -0.05) is 87.9 Å². The van der Waals surface area contributed by atoms with Gasteiger partial charge in [-0.05, 0) is 48.3 Å². The van der Waals surface area contributed by atoms with Crippen molar-refractivity contribution in [3.05, 3.63) is 88.7 Å². The Balaban J connectivity index is 2.12. The first-order valence-corrected chi connectivity index (χ1v) is 12.3. The smallest absolute Gasteiger partial charge is 0.336 e. The molecule has 34 heavy (non-hydrogen) atoms. The van der Waals surface area contributed by atoms with E-state index >= 15 is 0 Å². The number of esters is 1. The monoisotopic (exact) mass is 459 g/mol. The van der Waals surface area contributed by atoms with Gasteiger partial charge in [-0.15, -0.1) is 0 Å². The minimum atomic E-state index is -0.536. The second-order valence-corrected chi connectivity index (χ2v) is 9.80. The summed E-state index contributed by atoms with van der Waals surface area (Å²) in [4.78, 5) is 26.5. The Hall–Kier alpha value is -3.14. The second kappa shape index (κ2) is 11.3. The van der Waals surface area contributed by atoms with Crippen molar-refractivity contribution < 1.29 is 14.3 Å². The molecule has 0 aromatic heterocycles. The summed E-state index contributed by atoms with van der Waals surface area (Å²) in [7, 11) is 0. The van der Waals surface area contributed by atoms with Gasteiger partial charge in [0.05, 0.1) is 12.2 Å². The Morgan fingerprint density at radius 1 is 1.12 bits per heavy atom. The van der Waals surface area contributed by atoms with Crippen LogP contribution in [0.15, 0.2) is 77.6 Å². The van der Waals surface area contributed by atoms with E-state index in [0.717, 1.165) is 30.4 Å². The lowest BCUT2D eigenvalue weighted by molar-refractivity contribution is -0.138. The maximum atomic E-state index is 13.3. The van der Waals surface area contributed by atoms with Gasteiger partial charge in [-0.2, -0.15) is 0 Å². The molecule has 2 aliphatic rings. The maximum absolute atomic E-state index is 13.3. The molecule has 1 unspecified atom stereocenters. The molecule has 0 heterocycles. The van der Waals surface area contributed by atoms with Gasteiger partial charge in [0, 0.05) is 23.6 Å². The molecule has 4 nitrogen and oxygen atoms in total. The van der Waals surface area contributed by atoms with Crippen molar-refractivity contribution in [2.45, 2.75) is 65.7 Å². The van der Waals surface area contributed by atoms with Crippen molar-refractivity contribution in [2.24, 2.45) is 11.1 Å². The molecule has 0 amide bonds. The average molecular weight is 460 g/mol. The third kappa shape index (κ3) is 6.05. The van der Waals surface area contributed by atoms with Crippen LogP contribution in [0.1, 0.15) is 76.8 Å². The van der Waals surface area contributed by atoms with Crippen LogP contribution in [0, 0.1) is 5.41 Å². The van der Waals surface area contributed by atoms with Gasteiger partial charge in [0.25, 0.3) is 0 Å². The van der Waals surface area contributed by atoms with Crippen molar-refractivity contribution in [1.82, 2.24) is 0 Å².